The average molecular weight is 243 g/mol. The Balaban J connectivity index is 1.76. The van der Waals surface area contributed by atoms with Gasteiger partial charge in [-0.25, -0.2) is 0 Å². The monoisotopic (exact) mass is 243 g/mol. The number of nitrogens with one attached hydrogen (secondary N) is 1. The van der Waals surface area contributed by atoms with Crippen LogP contribution in [0.25, 0.3) is 0 Å². The zero-order valence-electron chi connectivity index (χ0n) is 10.8. The summed E-state index contributed by atoms with van der Waals surface area (Å²) >= 11 is 0. The van der Waals surface area contributed by atoms with Gasteiger partial charge in [-0.1, -0.05) is 24.3 Å². The van der Waals surface area contributed by atoms with Crippen LogP contribution in [0.1, 0.15) is 36.5 Å². The van der Waals surface area contributed by atoms with Crippen molar-refractivity contribution in [3.8, 4) is 12.3 Å². The number of rotatable bonds is 6. The van der Waals surface area contributed by atoms with Crippen LogP contribution in [0.5, 0.6) is 0 Å². The van der Waals surface area contributed by atoms with Gasteiger partial charge in [0.25, 0.3) is 0 Å². The highest BCUT2D eigenvalue weighted by molar-refractivity contribution is 5.31. The molecule has 0 aromatic heterocycles. The van der Waals surface area contributed by atoms with E-state index >= 15 is 0 Å². The summed E-state index contributed by atoms with van der Waals surface area (Å²) in [6.45, 7) is 2.75. The molecule has 1 atom stereocenters. The SMILES string of the molecule is C#CCCCCNCC1OCCc2ccccc21. The van der Waals surface area contributed by atoms with Gasteiger partial charge in [0.15, 0.2) is 0 Å². The normalized spacial score (nSPS) is 18.1. The second-order valence-corrected chi connectivity index (χ2v) is 4.67. The maximum Gasteiger partial charge on any atom is 0.0952 e. The number of hydrogen-bond acceptors (Lipinski definition) is 2. The van der Waals surface area contributed by atoms with Gasteiger partial charge in [0.1, 0.15) is 0 Å². The van der Waals surface area contributed by atoms with E-state index in [-0.39, 0.29) is 6.10 Å². The summed E-state index contributed by atoms with van der Waals surface area (Å²) in [6, 6.07) is 8.58. The van der Waals surface area contributed by atoms with Crippen molar-refractivity contribution in [3.63, 3.8) is 0 Å². The Labute approximate surface area is 110 Å². The van der Waals surface area contributed by atoms with Crippen LogP contribution < -0.4 is 5.32 Å². The lowest BCUT2D eigenvalue weighted by molar-refractivity contribution is 0.0426. The fraction of sp³-hybridized carbons (Fsp3) is 0.500. The summed E-state index contributed by atoms with van der Waals surface area (Å²) in [7, 11) is 0. The average Bonchev–Trinajstić information content (AvgIpc) is 2.43. The van der Waals surface area contributed by atoms with Crippen LogP contribution in [0.4, 0.5) is 0 Å². The number of benzene rings is 1. The topological polar surface area (TPSA) is 21.3 Å². The van der Waals surface area contributed by atoms with Gasteiger partial charge in [-0.3, -0.25) is 0 Å². The standard InChI is InChI=1S/C16H21NO/c1-2-3-4-7-11-17-13-16-15-9-6-5-8-14(15)10-12-18-16/h1,5-6,8-9,16-17H,3-4,7,10-13H2. The maximum absolute atomic E-state index is 5.84. The highest BCUT2D eigenvalue weighted by Gasteiger charge is 2.19. The predicted molar refractivity (Wildman–Crippen MR) is 74.4 cm³/mol. The van der Waals surface area contributed by atoms with Gasteiger partial charge in [-0.15, -0.1) is 12.3 Å². The van der Waals surface area contributed by atoms with Crippen LogP contribution in [0, 0.1) is 12.3 Å². The van der Waals surface area contributed by atoms with Crippen LogP contribution in [0.3, 0.4) is 0 Å². The minimum atomic E-state index is 0.211. The van der Waals surface area contributed by atoms with Crippen molar-refractivity contribution in [2.24, 2.45) is 0 Å². The van der Waals surface area contributed by atoms with E-state index in [1.807, 2.05) is 0 Å². The molecule has 0 saturated carbocycles. The van der Waals surface area contributed by atoms with E-state index in [4.69, 9.17) is 11.2 Å². The van der Waals surface area contributed by atoms with E-state index in [0.29, 0.717) is 0 Å². The molecule has 2 rings (SSSR count). The molecule has 2 nitrogen and oxygen atoms in total. The van der Waals surface area contributed by atoms with Crippen LogP contribution >= 0.6 is 0 Å². The third kappa shape index (κ3) is 3.60. The van der Waals surface area contributed by atoms with E-state index in [2.05, 4.69) is 35.5 Å². The molecule has 0 radical (unpaired) electrons. The van der Waals surface area contributed by atoms with Crippen LogP contribution in [0.15, 0.2) is 24.3 Å². The van der Waals surface area contributed by atoms with Crippen molar-refractivity contribution in [1.82, 2.24) is 5.32 Å². The second kappa shape index (κ2) is 7.20. The Morgan fingerprint density at radius 3 is 3.11 bits per heavy atom. The summed E-state index contributed by atoms with van der Waals surface area (Å²) in [6.07, 6.45) is 9.59. The first-order valence-electron chi connectivity index (χ1n) is 6.75. The smallest absolute Gasteiger partial charge is 0.0952 e. The van der Waals surface area contributed by atoms with Gasteiger partial charge in [-0.05, 0) is 36.9 Å². The van der Waals surface area contributed by atoms with Crippen LogP contribution in [0.2, 0.25) is 0 Å². The van der Waals surface area contributed by atoms with Crippen molar-refractivity contribution in [3.05, 3.63) is 35.4 Å². The van der Waals surface area contributed by atoms with E-state index in [0.717, 1.165) is 45.4 Å². The first-order chi connectivity index (χ1) is 8.92. The Morgan fingerprint density at radius 1 is 1.33 bits per heavy atom. The summed E-state index contributed by atoms with van der Waals surface area (Å²) < 4.78 is 5.84. The van der Waals surface area contributed by atoms with Gasteiger partial charge in [0, 0.05) is 13.0 Å². The third-order valence-corrected chi connectivity index (χ3v) is 3.35. The van der Waals surface area contributed by atoms with Gasteiger partial charge in [-0.2, -0.15) is 0 Å². The van der Waals surface area contributed by atoms with Crippen molar-refractivity contribution in [1.29, 1.82) is 0 Å². The number of unbranched alkanes of at least 4 members (excludes halogenated alkanes) is 2. The van der Waals surface area contributed by atoms with Gasteiger partial charge < -0.3 is 10.1 Å². The first-order valence-corrected chi connectivity index (χ1v) is 6.75. The lowest BCUT2D eigenvalue weighted by Gasteiger charge is -2.26. The molecule has 1 unspecified atom stereocenters. The maximum atomic E-state index is 5.84. The molecule has 96 valence electrons. The summed E-state index contributed by atoms with van der Waals surface area (Å²) in [5.74, 6) is 2.67. The Hall–Kier alpha value is -1.30. The fourth-order valence-corrected chi connectivity index (χ4v) is 2.36. The molecular weight excluding hydrogens is 222 g/mol. The Morgan fingerprint density at radius 2 is 2.22 bits per heavy atom. The zero-order valence-corrected chi connectivity index (χ0v) is 10.8. The minimum Gasteiger partial charge on any atom is -0.372 e. The number of terminal acetylenes is 1. The third-order valence-electron chi connectivity index (χ3n) is 3.35. The summed E-state index contributed by atoms with van der Waals surface area (Å²) in [5.41, 5.74) is 2.78. The molecule has 0 amide bonds. The Kier molecular flexibility index (Phi) is 5.26. The lowest BCUT2D eigenvalue weighted by Crippen LogP contribution is -2.28. The van der Waals surface area contributed by atoms with E-state index in [1.54, 1.807) is 0 Å². The van der Waals surface area contributed by atoms with Crippen LogP contribution in [-0.2, 0) is 11.2 Å². The fourth-order valence-electron chi connectivity index (χ4n) is 2.36. The van der Waals surface area contributed by atoms with E-state index in [9.17, 15) is 0 Å². The number of fused-ring (bicyclic) bond motifs is 1. The second-order valence-electron chi connectivity index (χ2n) is 4.67. The predicted octanol–water partition coefficient (Wildman–Crippen LogP) is 2.69. The Bertz CT molecular complexity index is 408. The molecule has 18 heavy (non-hydrogen) atoms. The molecule has 0 bridgehead atoms. The lowest BCUT2D eigenvalue weighted by atomic mass is 9.97. The van der Waals surface area contributed by atoms with Crippen molar-refractivity contribution >= 4 is 0 Å². The molecule has 0 spiro atoms. The van der Waals surface area contributed by atoms with Gasteiger partial charge >= 0.3 is 0 Å². The summed E-state index contributed by atoms with van der Waals surface area (Å²) in [4.78, 5) is 0. The molecule has 1 N–H and O–H groups in total. The highest BCUT2D eigenvalue weighted by atomic mass is 16.5. The highest BCUT2D eigenvalue weighted by Crippen LogP contribution is 2.26. The quantitative estimate of drug-likeness (QED) is 0.612. The molecule has 1 heterocycles. The molecule has 0 aliphatic carbocycles. The molecule has 1 aromatic carbocycles. The molecule has 1 aliphatic heterocycles. The zero-order chi connectivity index (χ0) is 12.6. The molecular formula is C16H21NO. The van der Waals surface area contributed by atoms with Gasteiger partial charge in [0.05, 0.1) is 12.7 Å². The van der Waals surface area contributed by atoms with Gasteiger partial charge in [0.2, 0.25) is 0 Å². The number of ether oxygens (including phenoxy) is 1. The van der Waals surface area contributed by atoms with E-state index < -0.39 is 0 Å². The largest absolute Gasteiger partial charge is 0.372 e. The summed E-state index contributed by atoms with van der Waals surface area (Å²) in [5, 5.41) is 3.46. The van der Waals surface area contributed by atoms with Crippen LogP contribution in [-0.4, -0.2) is 19.7 Å². The molecule has 1 aliphatic rings. The number of hydrogen-bond donors (Lipinski definition) is 1. The van der Waals surface area contributed by atoms with Crippen molar-refractivity contribution < 1.29 is 4.74 Å². The minimum absolute atomic E-state index is 0.211. The molecule has 1 aromatic rings. The van der Waals surface area contributed by atoms with Crippen molar-refractivity contribution in [2.45, 2.75) is 31.8 Å². The molecule has 0 fully saturated rings. The molecule has 0 saturated heterocycles. The van der Waals surface area contributed by atoms with Crippen molar-refractivity contribution in [2.75, 3.05) is 19.7 Å². The first kappa shape index (κ1) is 13.1. The van der Waals surface area contributed by atoms with E-state index in [1.165, 1.54) is 11.1 Å². The molecule has 2 heteroatoms.